The van der Waals surface area contributed by atoms with Crippen molar-refractivity contribution in [1.82, 2.24) is 0 Å². The van der Waals surface area contributed by atoms with Gasteiger partial charge in [0.05, 0.1) is 6.61 Å². The highest BCUT2D eigenvalue weighted by molar-refractivity contribution is 5.60. The molecule has 0 heterocycles. The van der Waals surface area contributed by atoms with Crippen molar-refractivity contribution in [3.05, 3.63) is 35.4 Å². The summed E-state index contributed by atoms with van der Waals surface area (Å²) in [5.41, 5.74) is 1.57. The third kappa shape index (κ3) is 3.10. The van der Waals surface area contributed by atoms with Crippen molar-refractivity contribution in [2.45, 2.75) is 20.8 Å². The zero-order chi connectivity index (χ0) is 11.5. The Morgan fingerprint density at radius 1 is 1.27 bits per heavy atom. The summed E-state index contributed by atoms with van der Waals surface area (Å²) in [5, 5.41) is 18.9. The SMILES string of the molecule is CC(C)(C)/C(=C/c1ccccc1O)CO. The molecule has 15 heavy (non-hydrogen) atoms. The quantitative estimate of drug-likeness (QED) is 0.781. The Morgan fingerprint density at radius 2 is 1.87 bits per heavy atom. The first kappa shape index (κ1) is 11.8. The molecule has 1 aromatic rings. The first-order chi connectivity index (χ1) is 6.95. The van der Waals surface area contributed by atoms with E-state index in [4.69, 9.17) is 0 Å². The Labute approximate surface area is 90.9 Å². The van der Waals surface area contributed by atoms with Gasteiger partial charge >= 0.3 is 0 Å². The van der Waals surface area contributed by atoms with Crippen LogP contribution in [0.4, 0.5) is 0 Å². The topological polar surface area (TPSA) is 40.5 Å². The monoisotopic (exact) mass is 206 g/mol. The van der Waals surface area contributed by atoms with Gasteiger partial charge in [0, 0.05) is 5.56 Å². The Balaban J connectivity index is 3.10. The second-order valence-electron chi connectivity index (χ2n) is 4.64. The van der Waals surface area contributed by atoms with Crippen molar-refractivity contribution in [2.75, 3.05) is 6.61 Å². The van der Waals surface area contributed by atoms with E-state index in [1.54, 1.807) is 12.1 Å². The molecule has 0 unspecified atom stereocenters. The maximum atomic E-state index is 9.59. The van der Waals surface area contributed by atoms with E-state index in [0.717, 1.165) is 11.1 Å². The highest BCUT2D eigenvalue weighted by Crippen LogP contribution is 2.28. The third-order valence-corrected chi connectivity index (χ3v) is 2.40. The average Bonchev–Trinajstić information content (AvgIpc) is 2.14. The van der Waals surface area contributed by atoms with Crippen LogP contribution in [-0.2, 0) is 0 Å². The molecular formula is C13H18O2. The molecule has 0 bridgehead atoms. The number of para-hydroxylation sites is 1. The molecule has 1 rings (SSSR count). The lowest BCUT2D eigenvalue weighted by atomic mass is 9.85. The molecule has 82 valence electrons. The van der Waals surface area contributed by atoms with Gasteiger partial charge in [-0.3, -0.25) is 0 Å². The molecule has 0 saturated carbocycles. The van der Waals surface area contributed by atoms with Crippen LogP contribution in [0.15, 0.2) is 29.8 Å². The summed E-state index contributed by atoms with van der Waals surface area (Å²) in [4.78, 5) is 0. The summed E-state index contributed by atoms with van der Waals surface area (Å²) in [6.45, 7) is 6.12. The molecule has 0 aliphatic heterocycles. The predicted octanol–water partition coefficient (Wildman–Crippen LogP) is 2.81. The van der Waals surface area contributed by atoms with E-state index in [1.807, 2.05) is 39.0 Å². The predicted molar refractivity (Wildman–Crippen MR) is 62.6 cm³/mol. The number of phenolic OH excluding ortho intramolecular Hbond substituents is 1. The highest BCUT2D eigenvalue weighted by Gasteiger charge is 2.16. The molecular weight excluding hydrogens is 188 g/mol. The molecule has 1 aromatic carbocycles. The van der Waals surface area contributed by atoms with Crippen molar-refractivity contribution < 1.29 is 10.2 Å². The minimum Gasteiger partial charge on any atom is -0.507 e. The Kier molecular flexibility index (Phi) is 3.53. The smallest absolute Gasteiger partial charge is 0.122 e. The zero-order valence-electron chi connectivity index (χ0n) is 9.49. The number of aromatic hydroxyl groups is 1. The fourth-order valence-corrected chi connectivity index (χ4v) is 1.30. The van der Waals surface area contributed by atoms with Gasteiger partial charge < -0.3 is 10.2 Å². The van der Waals surface area contributed by atoms with E-state index < -0.39 is 0 Å². The van der Waals surface area contributed by atoms with Crippen LogP contribution in [0, 0.1) is 5.41 Å². The van der Waals surface area contributed by atoms with Crippen LogP contribution in [0.25, 0.3) is 6.08 Å². The van der Waals surface area contributed by atoms with Gasteiger partial charge in [-0.05, 0) is 23.1 Å². The lowest BCUT2D eigenvalue weighted by Crippen LogP contribution is -2.12. The maximum absolute atomic E-state index is 9.59. The van der Waals surface area contributed by atoms with Gasteiger partial charge in [0.25, 0.3) is 0 Å². The standard InChI is InChI=1S/C13H18O2/c1-13(2,3)11(9-14)8-10-6-4-5-7-12(10)15/h4-8,14-15H,9H2,1-3H3/b11-8+. The van der Waals surface area contributed by atoms with Crippen LogP contribution in [0.1, 0.15) is 26.3 Å². The molecule has 0 aromatic heterocycles. The van der Waals surface area contributed by atoms with E-state index in [2.05, 4.69) is 0 Å². The van der Waals surface area contributed by atoms with Gasteiger partial charge in [-0.1, -0.05) is 39.0 Å². The van der Waals surface area contributed by atoms with Crippen LogP contribution in [0.5, 0.6) is 5.75 Å². The fraction of sp³-hybridized carbons (Fsp3) is 0.385. The Hall–Kier alpha value is -1.28. The van der Waals surface area contributed by atoms with Crippen LogP contribution < -0.4 is 0 Å². The number of rotatable bonds is 2. The van der Waals surface area contributed by atoms with Crippen molar-refractivity contribution in [1.29, 1.82) is 0 Å². The summed E-state index contributed by atoms with van der Waals surface area (Å²) in [5.74, 6) is 0.243. The summed E-state index contributed by atoms with van der Waals surface area (Å²) in [6.07, 6.45) is 1.84. The lowest BCUT2D eigenvalue weighted by Gasteiger charge is -2.21. The molecule has 0 atom stereocenters. The number of benzene rings is 1. The third-order valence-electron chi connectivity index (χ3n) is 2.40. The molecule has 0 fully saturated rings. The van der Waals surface area contributed by atoms with Crippen LogP contribution in [0.2, 0.25) is 0 Å². The van der Waals surface area contributed by atoms with Gasteiger partial charge in [0.15, 0.2) is 0 Å². The largest absolute Gasteiger partial charge is 0.507 e. The first-order valence-electron chi connectivity index (χ1n) is 5.05. The average molecular weight is 206 g/mol. The molecule has 0 aliphatic rings. The molecule has 2 nitrogen and oxygen atoms in total. The van der Waals surface area contributed by atoms with Crippen molar-refractivity contribution in [2.24, 2.45) is 5.41 Å². The summed E-state index contributed by atoms with van der Waals surface area (Å²) >= 11 is 0. The minimum atomic E-state index is -0.0863. The highest BCUT2D eigenvalue weighted by atomic mass is 16.3. The van der Waals surface area contributed by atoms with Gasteiger partial charge in [0.2, 0.25) is 0 Å². The molecule has 0 radical (unpaired) electrons. The Bertz CT molecular complexity index is 359. The normalized spacial score (nSPS) is 12.9. The van der Waals surface area contributed by atoms with E-state index in [0.29, 0.717) is 0 Å². The van der Waals surface area contributed by atoms with Crippen LogP contribution in [-0.4, -0.2) is 16.8 Å². The lowest BCUT2D eigenvalue weighted by molar-refractivity contribution is 0.298. The molecule has 2 heteroatoms. The summed E-state index contributed by atoms with van der Waals surface area (Å²) in [6, 6.07) is 7.12. The Morgan fingerprint density at radius 3 is 2.33 bits per heavy atom. The molecule has 0 aliphatic carbocycles. The van der Waals surface area contributed by atoms with E-state index in [9.17, 15) is 10.2 Å². The van der Waals surface area contributed by atoms with E-state index in [-0.39, 0.29) is 17.8 Å². The molecule has 2 N–H and O–H groups in total. The minimum absolute atomic E-state index is 0.0117. The van der Waals surface area contributed by atoms with Gasteiger partial charge in [0.1, 0.15) is 5.75 Å². The second-order valence-corrected chi connectivity index (χ2v) is 4.64. The number of aliphatic hydroxyl groups excluding tert-OH is 1. The van der Waals surface area contributed by atoms with Gasteiger partial charge in [-0.2, -0.15) is 0 Å². The molecule has 0 saturated heterocycles. The van der Waals surface area contributed by atoms with Crippen LogP contribution in [0.3, 0.4) is 0 Å². The summed E-state index contributed by atoms with van der Waals surface area (Å²) < 4.78 is 0. The number of phenols is 1. The van der Waals surface area contributed by atoms with Crippen LogP contribution >= 0.6 is 0 Å². The van der Waals surface area contributed by atoms with Crippen molar-refractivity contribution in [3.8, 4) is 5.75 Å². The number of aliphatic hydroxyl groups is 1. The van der Waals surface area contributed by atoms with Crippen molar-refractivity contribution in [3.63, 3.8) is 0 Å². The second kappa shape index (κ2) is 4.49. The van der Waals surface area contributed by atoms with E-state index >= 15 is 0 Å². The zero-order valence-corrected chi connectivity index (χ0v) is 9.49. The molecule has 0 amide bonds. The first-order valence-corrected chi connectivity index (χ1v) is 5.05. The van der Waals surface area contributed by atoms with Gasteiger partial charge in [-0.15, -0.1) is 0 Å². The fourth-order valence-electron chi connectivity index (χ4n) is 1.30. The van der Waals surface area contributed by atoms with Crippen molar-refractivity contribution >= 4 is 6.08 Å². The maximum Gasteiger partial charge on any atom is 0.122 e. The van der Waals surface area contributed by atoms with Gasteiger partial charge in [-0.25, -0.2) is 0 Å². The summed E-state index contributed by atoms with van der Waals surface area (Å²) in [7, 11) is 0. The number of hydrogen-bond acceptors (Lipinski definition) is 2. The van der Waals surface area contributed by atoms with E-state index in [1.165, 1.54) is 0 Å². The number of hydrogen-bond donors (Lipinski definition) is 2. The molecule has 0 spiro atoms.